The van der Waals surface area contributed by atoms with Gasteiger partial charge in [-0.25, -0.2) is 9.59 Å². The van der Waals surface area contributed by atoms with Crippen LogP contribution in [0.2, 0.25) is 0 Å². The summed E-state index contributed by atoms with van der Waals surface area (Å²) in [7, 11) is 0. The zero-order valence-electron chi connectivity index (χ0n) is 11.6. The van der Waals surface area contributed by atoms with Crippen molar-refractivity contribution in [2.45, 2.75) is 18.6 Å². The Morgan fingerprint density at radius 1 is 1.22 bits per heavy atom. The normalized spacial score (nSPS) is 12.7. The van der Waals surface area contributed by atoms with Gasteiger partial charge in [-0.1, -0.05) is 30.3 Å². The molecule has 0 aliphatic carbocycles. The summed E-state index contributed by atoms with van der Waals surface area (Å²) in [6.07, 6.45) is -4.02. The predicted octanol–water partition coefficient (Wildman–Crippen LogP) is 2.16. The van der Waals surface area contributed by atoms with Gasteiger partial charge in [0, 0.05) is 6.42 Å². The van der Waals surface area contributed by atoms with Gasteiger partial charge >= 0.3 is 18.2 Å². The second-order valence-corrected chi connectivity index (χ2v) is 4.66. The van der Waals surface area contributed by atoms with E-state index >= 15 is 0 Å². The molecule has 1 amide bonds. The Morgan fingerprint density at radius 3 is 2.43 bits per heavy atom. The Kier molecular flexibility index (Phi) is 4.68. The number of carboxylic acids is 1. The van der Waals surface area contributed by atoms with Gasteiger partial charge in [-0.05, 0) is 11.6 Å². The van der Waals surface area contributed by atoms with Crippen molar-refractivity contribution < 1.29 is 27.9 Å². The SMILES string of the molecule is O=C(O)[C@H](Cc1ccccc1)NC(=O)n1nccc1C(F)(F)F. The van der Waals surface area contributed by atoms with Crippen LogP contribution in [0.3, 0.4) is 0 Å². The van der Waals surface area contributed by atoms with Crippen molar-refractivity contribution in [3.05, 3.63) is 53.9 Å². The summed E-state index contributed by atoms with van der Waals surface area (Å²) in [5.41, 5.74) is -0.657. The molecule has 0 bridgehead atoms. The fourth-order valence-corrected chi connectivity index (χ4v) is 1.94. The molecular weight excluding hydrogens is 315 g/mol. The molecule has 6 nitrogen and oxygen atoms in total. The van der Waals surface area contributed by atoms with Crippen LogP contribution in [-0.4, -0.2) is 32.9 Å². The standard InChI is InChI=1S/C14H12F3N3O3/c15-14(16,17)11-6-7-18-20(11)13(23)19-10(12(21)22)8-9-4-2-1-3-5-9/h1-7,10H,8H2,(H,19,23)(H,21,22)/t10-/m0/s1. The second kappa shape index (κ2) is 6.51. The Labute approximate surface area is 128 Å². The lowest BCUT2D eigenvalue weighted by Crippen LogP contribution is -2.45. The third-order valence-electron chi connectivity index (χ3n) is 3.00. The first-order chi connectivity index (χ1) is 10.8. The van der Waals surface area contributed by atoms with Gasteiger partial charge < -0.3 is 10.4 Å². The fraction of sp³-hybridized carbons (Fsp3) is 0.214. The first-order valence-corrected chi connectivity index (χ1v) is 6.48. The molecule has 0 spiro atoms. The van der Waals surface area contributed by atoms with Gasteiger partial charge in [0.25, 0.3) is 0 Å². The number of carboxylic acid groups (broad SMARTS) is 1. The summed E-state index contributed by atoms with van der Waals surface area (Å²) >= 11 is 0. The van der Waals surface area contributed by atoms with Crippen molar-refractivity contribution in [1.82, 2.24) is 15.1 Å². The lowest BCUT2D eigenvalue weighted by molar-refractivity contribution is -0.142. The Balaban J connectivity index is 2.16. The van der Waals surface area contributed by atoms with Crippen LogP contribution >= 0.6 is 0 Å². The van der Waals surface area contributed by atoms with Crippen LogP contribution in [0.1, 0.15) is 11.3 Å². The molecule has 0 aliphatic heterocycles. The van der Waals surface area contributed by atoms with Crippen molar-refractivity contribution in [2.75, 3.05) is 0 Å². The molecular formula is C14H12F3N3O3. The number of rotatable bonds is 4. The maximum absolute atomic E-state index is 12.7. The van der Waals surface area contributed by atoms with Crippen LogP contribution in [0.4, 0.5) is 18.0 Å². The Bertz CT molecular complexity index is 698. The largest absolute Gasteiger partial charge is 0.480 e. The van der Waals surface area contributed by atoms with E-state index in [1.165, 1.54) is 0 Å². The third kappa shape index (κ3) is 4.09. The van der Waals surface area contributed by atoms with E-state index in [1.807, 2.05) is 5.32 Å². The topological polar surface area (TPSA) is 84.2 Å². The Morgan fingerprint density at radius 2 is 1.87 bits per heavy atom. The van der Waals surface area contributed by atoms with Crippen LogP contribution in [0.15, 0.2) is 42.6 Å². The van der Waals surface area contributed by atoms with Crippen LogP contribution in [0, 0.1) is 0 Å². The average Bonchev–Trinajstić information content (AvgIpc) is 2.97. The van der Waals surface area contributed by atoms with Crippen LogP contribution < -0.4 is 5.32 Å². The van der Waals surface area contributed by atoms with E-state index in [0.29, 0.717) is 11.6 Å². The molecule has 0 radical (unpaired) electrons. The van der Waals surface area contributed by atoms with Gasteiger partial charge in [-0.3, -0.25) is 0 Å². The number of nitrogens with one attached hydrogen (secondary N) is 1. The monoisotopic (exact) mass is 327 g/mol. The van der Waals surface area contributed by atoms with E-state index in [1.54, 1.807) is 30.3 Å². The van der Waals surface area contributed by atoms with Crippen molar-refractivity contribution in [1.29, 1.82) is 0 Å². The molecule has 122 valence electrons. The lowest BCUT2D eigenvalue weighted by Gasteiger charge is -2.16. The van der Waals surface area contributed by atoms with E-state index in [2.05, 4.69) is 5.10 Å². The number of alkyl halides is 3. The molecule has 2 rings (SSSR count). The number of aromatic nitrogens is 2. The number of benzene rings is 1. The van der Waals surface area contributed by atoms with Gasteiger partial charge in [-0.15, -0.1) is 0 Å². The van der Waals surface area contributed by atoms with E-state index in [-0.39, 0.29) is 11.1 Å². The van der Waals surface area contributed by atoms with Crippen molar-refractivity contribution in [2.24, 2.45) is 0 Å². The van der Waals surface area contributed by atoms with Crippen molar-refractivity contribution in [3.63, 3.8) is 0 Å². The zero-order valence-corrected chi connectivity index (χ0v) is 11.6. The minimum atomic E-state index is -4.77. The minimum Gasteiger partial charge on any atom is -0.480 e. The van der Waals surface area contributed by atoms with Crippen molar-refractivity contribution >= 4 is 12.0 Å². The van der Waals surface area contributed by atoms with Gasteiger partial charge in [0.05, 0.1) is 6.20 Å². The molecule has 2 N–H and O–H groups in total. The Hall–Kier alpha value is -2.84. The van der Waals surface area contributed by atoms with E-state index in [9.17, 15) is 22.8 Å². The highest BCUT2D eigenvalue weighted by Gasteiger charge is 2.37. The number of aliphatic carboxylic acids is 1. The third-order valence-corrected chi connectivity index (χ3v) is 3.00. The summed E-state index contributed by atoms with van der Waals surface area (Å²) < 4.78 is 38.3. The lowest BCUT2D eigenvalue weighted by atomic mass is 10.1. The van der Waals surface area contributed by atoms with Gasteiger partial charge in [0.1, 0.15) is 6.04 Å². The molecule has 23 heavy (non-hydrogen) atoms. The number of hydrogen-bond donors (Lipinski definition) is 2. The number of amides is 1. The quantitative estimate of drug-likeness (QED) is 0.901. The molecule has 0 aliphatic rings. The van der Waals surface area contributed by atoms with E-state index < -0.39 is 29.9 Å². The summed E-state index contributed by atoms with van der Waals surface area (Å²) in [4.78, 5) is 23.1. The molecule has 2 aromatic rings. The number of hydrogen-bond acceptors (Lipinski definition) is 3. The van der Waals surface area contributed by atoms with Gasteiger partial charge in [0.2, 0.25) is 0 Å². The summed E-state index contributed by atoms with van der Waals surface area (Å²) in [6.45, 7) is 0. The highest BCUT2D eigenvalue weighted by atomic mass is 19.4. The first kappa shape index (κ1) is 16.5. The molecule has 1 heterocycles. The maximum atomic E-state index is 12.7. The second-order valence-electron chi connectivity index (χ2n) is 4.66. The first-order valence-electron chi connectivity index (χ1n) is 6.48. The van der Waals surface area contributed by atoms with Crippen LogP contribution in [-0.2, 0) is 17.4 Å². The fourth-order valence-electron chi connectivity index (χ4n) is 1.94. The number of carbonyl (C=O) groups is 2. The molecule has 1 aromatic carbocycles. The molecule has 1 aromatic heterocycles. The highest BCUT2D eigenvalue weighted by Crippen LogP contribution is 2.28. The summed E-state index contributed by atoms with van der Waals surface area (Å²) in [5.74, 6) is -1.36. The number of halogens is 3. The van der Waals surface area contributed by atoms with Gasteiger partial charge in [-0.2, -0.15) is 23.0 Å². The predicted molar refractivity (Wildman–Crippen MR) is 72.7 cm³/mol. The average molecular weight is 327 g/mol. The molecule has 0 saturated carbocycles. The minimum absolute atomic E-state index is 0.0649. The molecule has 0 unspecified atom stereocenters. The van der Waals surface area contributed by atoms with E-state index in [0.717, 1.165) is 6.20 Å². The highest BCUT2D eigenvalue weighted by molar-refractivity contribution is 5.84. The number of nitrogens with zero attached hydrogens (tertiary/aromatic N) is 2. The summed E-state index contributed by atoms with van der Waals surface area (Å²) in [5, 5.41) is 14.5. The molecule has 1 atom stereocenters. The smallest absolute Gasteiger partial charge is 0.433 e. The van der Waals surface area contributed by atoms with Crippen LogP contribution in [0.5, 0.6) is 0 Å². The van der Waals surface area contributed by atoms with E-state index in [4.69, 9.17) is 5.11 Å². The summed E-state index contributed by atoms with van der Waals surface area (Å²) in [6, 6.07) is 6.40. The van der Waals surface area contributed by atoms with Gasteiger partial charge in [0.15, 0.2) is 5.69 Å². The molecule has 9 heteroatoms. The maximum Gasteiger partial charge on any atom is 0.433 e. The van der Waals surface area contributed by atoms with Crippen molar-refractivity contribution in [3.8, 4) is 0 Å². The van der Waals surface area contributed by atoms with Crippen LogP contribution in [0.25, 0.3) is 0 Å². The zero-order chi connectivity index (χ0) is 17.0. The molecule has 0 saturated heterocycles. The molecule has 0 fully saturated rings. The number of carbonyl (C=O) groups excluding carboxylic acids is 1.